The first-order valence-corrected chi connectivity index (χ1v) is 20.1. The van der Waals surface area contributed by atoms with Crippen molar-refractivity contribution in [2.24, 2.45) is 11.8 Å². The number of anilines is 1. The Morgan fingerprint density at radius 1 is 0.868 bits per heavy atom. The van der Waals surface area contributed by atoms with Crippen molar-refractivity contribution < 1.29 is 28.7 Å². The van der Waals surface area contributed by atoms with Crippen LogP contribution in [0, 0.1) is 11.8 Å². The van der Waals surface area contributed by atoms with Gasteiger partial charge < -0.3 is 9.47 Å². The Bertz CT molecular complexity index is 2180. The van der Waals surface area contributed by atoms with E-state index in [1.807, 2.05) is 49.4 Å². The highest BCUT2D eigenvalue weighted by molar-refractivity contribution is 9.12. The third kappa shape index (κ3) is 7.61. The number of aromatic nitrogens is 1. The predicted molar refractivity (Wildman–Crippen MR) is 215 cm³/mol. The predicted octanol–water partition coefficient (Wildman–Crippen LogP) is 9.66. The lowest BCUT2D eigenvalue weighted by Crippen LogP contribution is -2.34. The smallest absolute Gasteiger partial charge is 0.339 e. The molecular weight excluding hydrogens is 868 g/mol. The zero-order valence-corrected chi connectivity index (χ0v) is 33.7. The molecule has 0 spiro atoms. The number of carbonyl (C=O) groups excluding carboxylic acids is 4. The van der Waals surface area contributed by atoms with Gasteiger partial charge in [-0.25, -0.2) is 9.78 Å². The number of imide groups is 1. The highest BCUT2D eigenvalue weighted by Gasteiger charge is 2.52. The second-order valence-corrected chi connectivity index (χ2v) is 16.6. The van der Waals surface area contributed by atoms with Crippen molar-refractivity contribution in [3.05, 3.63) is 124 Å². The molecule has 1 aliphatic carbocycles. The normalized spacial score (nSPS) is 20.3. The summed E-state index contributed by atoms with van der Waals surface area (Å²) in [5.41, 5.74) is 4.93. The van der Waals surface area contributed by atoms with E-state index in [1.54, 1.807) is 61.5 Å². The molecule has 1 aliphatic heterocycles. The maximum Gasteiger partial charge on any atom is 0.339 e. The number of pyridine rings is 1. The number of halogens is 3. The molecule has 1 saturated carbocycles. The van der Waals surface area contributed by atoms with Crippen LogP contribution >= 0.6 is 47.8 Å². The maximum atomic E-state index is 13.9. The average molecular weight is 903 g/mol. The number of nitrogens with zero attached hydrogens (tertiary/aromatic N) is 2. The van der Waals surface area contributed by atoms with E-state index >= 15 is 0 Å². The van der Waals surface area contributed by atoms with Gasteiger partial charge in [-0.15, -0.1) is 0 Å². The number of hydrogen-bond acceptors (Lipinski definition) is 7. The number of fused-ring (bicyclic) bond motifs is 2. The monoisotopic (exact) mass is 900 g/mol. The first kappa shape index (κ1) is 37.1. The van der Waals surface area contributed by atoms with Gasteiger partial charge in [-0.05, 0) is 91.9 Å². The second kappa shape index (κ2) is 15.7. The summed E-state index contributed by atoms with van der Waals surface area (Å²) in [6.45, 7) is 3.97. The van der Waals surface area contributed by atoms with Crippen LogP contribution in [0.2, 0.25) is 0 Å². The van der Waals surface area contributed by atoms with Crippen LogP contribution in [0.5, 0.6) is 5.75 Å². The van der Waals surface area contributed by atoms with Crippen LogP contribution in [0.3, 0.4) is 0 Å². The van der Waals surface area contributed by atoms with Gasteiger partial charge in [0, 0.05) is 30.6 Å². The minimum Gasteiger partial charge on any atom is -0.489 e. The van der Waals surface area contributed by atoms with Gasteiger partial charge in [-0.3, -0.25) is 19.3 Å². The van der Waals surface area contributed by atoms with Crippen molar-refractivity contribution in [1.82, 2.24) is 4.98 Å². The molecule has 5 unspecified atom stereocenters. The molecule has 7 rings (SSSR count). The quantitative estimate of drug-likeness (QED) is 0.0596. The molecule has 53 heavy (non-hydrogen) atoms. The van der Waals surface area contributed by atoms with Crippen LogP contribution in [-0.2, 0) is 27.4 Å². The molecule has 5 aromatic rings. The lowest BCUT2D eigenvalue weighted by Gasteiger charge is -2.29. The number of Topliss-reactive ketones (excluding diaryl/α,β-unsaturated/α-hetero) is 1. The number of aryl methyl sites for hydroxylation is 1. The minimum atomic E-state index is -1.07. The number of alkyl halides is 2. The highest BCUT2D eigenvalue weighted by atomic mass is 79.9. The van der Waals surface area contributed by atoms with Crippen LogP contribution < -0.4 is 9.64 Å². The molecule has 0 bridgehead atoms. The molecule has 0 N–H and O–H groups in total. The molecule has 5 atom stereocenters. The molecule has 2 fully saturated rings. The Labute approximate surface area is 332 Å². The summed E-state index contributed by atoms with van der Waals surface area (Å²) in [7, 11) is 0. The van der Waals surface area contributed by atoms with Gasteiger partial charge in [-0.1, -0.05) is 97.2 Å². The number of ketones is 1. The number of hydrogen-bond donors (Lipinski definition) is 0. The van der Waals surface area contributed by atoms with Crippen molar-refractivity contribution in [3.8, 4) is 17.0 Å². The SMILES string of the molecule is CCc1cc(Br)cc2c(C(=O)OC(C)C(=O)c3ccc(OCc4ccccc4)cc3)cc(-c3ccc(N4C(=O)C5CC(Br)C(Br)CC5C4=O)cc3)nc12. The van der Waals surface area contributed by atoms with E-state index in [0.29, 0.717) is 65.0 Å². The number of benzene rings is 4. The van der Waals surface area contributed by atoms with Gasteiger partial charge in [0.1, 0.15) is 12.4 Å². The summed E-state index contributed by atoms with van der Waals surface area (Å²) in [5.74, 6) is -1.45. The van der Waals surface area contributed by atoms with Crippen molar-refractivity contribution in [2.75, 3.05) is 4.90 Å². The molecule has 11 heteroatoms. The van der Waals surface area contributed by atoms with E-state index in [1.165, 1.54) is 4.90 Å². The molecule has 2 heterocycles. The van der Waals surface area contributed by atoms with Crippen LogP contribution in [-0.4, -0.2) is 44.3 Å². The third-order valence-electron chi connectivity index (χ3n) is 9.93. The summed E-state index contributed by atoms with van der Waals surface area (Å²) in [4.78, 5) is 60.7. The number of rotatable bonds is 10. The summed E-state index contributed by atoms with van der Waals surface area (Å²) in [6, 6.07) is 29.1. The fourth-order valence-electron chi connectivity index (χ4n) is 7.05. The zero-order valence-electron chi connectivity index (χ0n) is 28.9. The molecule has 1 aromatic heterocycles. The van der Waals surface area contributed by atoms with Gasteiger partial charge >= 0.3 is 5.97 Å². The number of amides is 2. The lowest BCUT2D eigenvalue weighted by atomic mass is 9.81. The molecule has 2 aliphatic rings. The Hall–Kier alpha value is -4.19. The summed E-state index contributed by atoms with van der Waals surface area (Å²) in [5, 5.41) is 0.590. The maximum absolute atomic E-state index is 13.9. The lowest BCUT2D eigenvalue weighted by molar-refractivity contribution is -0.122. The Kier molecular flexibility index (Phi) is 11.0. The van der Waals surface area contributed by atoms with E-state index in [0.717, 1.165) is 15.6 Å². The summed E-state index contributed by atoms with van der Waals surface area (Å²) in [6.07, 6.45) is 0.777. The van der Waals surface area contributed by atoms with Gasteiger partial charge in [0.2, 0.25) is 17.6 Å². The zero-order chi connectivity index (χ0) is 37.4. The minimum absolute atomic E-state index is 0.120. The number of ether oxygens (including phenoxy) is 2. The fraction of sp³-hybridized carbons (Fsp3) is 0.262. The Morgan fingerprint density at radius 3 is 2.13 bits per heavy atom. The largest absolute Gasteiger partial charge is 0.489 e. The third-order valence-corrected chi connectivity index (χ3v) is 13.1. The van der Waals surface area contributed by atoms with E-state index in [2.05, 4.69) is 47.8 Å². The Morgan fingerprint density at radius 2 is 1.51 bits per heavy atom. The first-order chi connectivity index (χ1) is 25.5. The molecule has 1 saturated heterocycles. The van der Waals surface area contributed by atoms with Crippen molar-refractivity contribution >= 4 is 87.9 Å². The van der Waals surface area contributed by atoms with E-state index in [-0.39, 0.29) is 44.7 Å². The van der Waals surface area contributed by atoms with Crippen molar-refractivity contribution in [2.45, 2.75) is 55.5 Å². The van der Waals surface area contributed by atoms with Crippen molar-refractivity contribution in [1.29, 1.82) is 0 Å². The first-order valence-electron chi connectivity index (χ1n) is 17.4. The number of esters is 1. The van der Waals surface area contributed by atoms with Crippen LogP contribution in [0.15, 0.2) is 102 Å². The van der Waals surface area contributed by atoms with Gasteiger partial charge in [-0.2, -0.15) is 0 Å². The van der Waals surface area contributed by atoms with Gasteiger partial charge in [0.05, 0.1) is 34.3 Å². The molecule has 270 valence electrons. The standard InChI is InChI=1S/C42H35Br3N2O6/c1-3-25-17-28(43)18-31-34(42(51)53-23(2)39(48)27-11-15-30(16-12-27)52-22-24-7-5-4-6-8-24)21-37(46-38(25)31)26-9-13-29(14-10-26)47-40(49)32-19-35(44)36(45)20-33(32)41(47)50/h4-18,21,23,32-33,35-36H,3,19-20,22H2,1-2H3. The number of carbonyl (C=O) groups is 4. The Balaban J connectivity index is 1.13. The fourth-order valence-corrected chi connectivity index (χ4v) is 8.79. The molecule has 2 amide bonds. The van der Waals surface area contributed by atoms with E-state index in [4.69, 9.17) is 14.5 Å². The molecule has 8 nitrogen and oxygen atoms in total. The van der Waals surface area contributed by atoms with E-state index < -0.39 is 12.1 Å². The summed E-state index contributed by atoms with van der Waals surface area (Å²) >= 11 is 10.9. The topological polar surface area (TPSA) is 103 Å². The van der Waals surface area contributed by atoms with Crippen LogP contribution in [0.1, 0.15) is 58.5 Å². The average Bonchev–Trinajstić information content (AvgIpc) is 3.40. The molecule has 0 radical (unpaired) electrons. The molecule has 4 aromatic carbocycles. The van der Waals surface area contributed by atoms with Gasteiger partial charge in [0.25, 0.3) is 0 Å². The van der Waals surface area contributed by atoms with Crippen LogP contribution in [0.25, 0.3) is 22.2 Å². The molecular formula is C42H35Br3N2O6. The van der Waals surface area contributed by atoms with Crippen LogP contribution in [0.4, 0.5) is 5.69 Å². The van der Waals surface area contributed by atoms with Gasteiger partial charge in [0.15, 0.2) is 6.10 Å². The van der Waals surface area contributed by atoms with E-state index in [9.17, 15) is 19.2 Å². The highest BCUT2D eigenvalue weighted by Crippen LogP contribution is 2.44. The summed E-state index contributed by atoms with van der Waals surface area (Å²) < 4.78 is 12.5. The van der Waals surface area contributed by atoms with Crippen molar-refractivity contribution in [3.63, 3.8) is 0 Å². The second-order valence-electron chi connectivity index (χ2n) is 13.4.